The summed E-state index contributed by atoms with van der Waals surface area (Å²) in [6.07, 6.45) is 10.0. The largest absolute Gasteiger partial charge is 0.464 e. The molecule has 0 aliphatic heterocycles. The summed E-state index contributed by atoms with van der Waals surface area (Å²) in [5.74, 6) is 2.75. The molecule has 5 unspecified atom stereocenters. The minimum absolute atomic E-state index is 0.0327. The average Bonchev–Trinajstić information content (AvgIpc) is 3.23. The molecule has 5 aliphatic rings. The Morgan fingerprint density at radius 3 is 2.14 bits per heavy atom. The van der Waals surface area contributed by atoms with Gasteiger partial charge in [0.05, 0.1) is 5.69 Å². The van der Waals surface area contributed by atoms with Crippen LogP contribution >= 0.6 is 0 Å². The second-order valence-electron chi connectivity index (χ2n) is 13.3. The molecule has 4 fully saturated rings. The lowest BCUT2D eigenvalue weighted by Crippen LogP contribution is -2.51. The second kappa shape index (κ2) is 11.2. The van der Waals surface area contributed by atoms with E-state index in [1.54, 1.807) is 0 Å². The Morgan fingerprint density at radius 2 is 1.50 bits per heavy atom. The molecule has 0 N–H and O–H groups in total. The minimum Gasteiger partial charge on any atom is -0.464 e. The second-order valence-corrected chi connectivity index (χ2v) is 13.3. The third-order valence-corrected chi connectivity index (χ3v) is 11.5. The van der Waals surface area contributed by atoms with Gasteiger partial charge in [0.2, 0.25) is 0 Å². The number of benzene rings is 3. The Hall–Kier alpha value is -3.60. The Morgan fingerprint density at radius 1 is 0.833 bits per heavy atom. The van der Waals surface area contributed by atoms with Crippen LogP contribution in [0, 0.1) is 29.1 Å². The van der Waals surface area contributed by atoms with Crippen LogP contribution in [0.4, 0.5) is 5.69 Å². The summed E-state index contributed by atoms with van der Waals surface area (Å²) in [5.41, 5.74) is 6.04. The number of hydrogen-bond acceptors (Lipinski definition) is 5. The highest BCUT2D eigenvalue weighted by molar-refractivity contribution is 5.86. The lowest BCUT2D eigenvalue weighted by Gasteiger charge is -2.55. The fraction of sp³-hybridized carbons (Fsp3) is 0.459. The van der Waals surface area contributed by atoms with Gasteiger partial charge in [-0.15, -0.1) is 0 Å². The third-order valence-electron chi connectivity index (χ3n) is 11.5. The summed E-state index contributed by atoms with van der Waals surface area (Å²) < 4.78 is 5.93. The van der Waals surface area contributed by atoms with Crippen LogP contribution in [0.15, 0.2) is 83.0 Å². The molecule has 3 aromatic carbocycles. The maximum absolute atomic E-state index is 12.6. The zero-order valence-electron chi connectivity index (χ0n) is 24.4. The lowest BCUT2D eigenvalue weighted by molar-refractivity contribution is -0.154. The van der Waals surface area contributed by atoms with Crippen LogP contribution in [0.5, 0.6) is 0 Å². The standard InChI is InChI=1S/C37H40N2O3/c1-37-21-20-30-28-18-19-33(38-39-35(25-8-4-2-5-9-25)26-10-6-3-7-11-26)32(22-40)29(28)16-17-31(30)34(37)24-12-14-27(15-13-24)36(37)42-23-41/h2-11,18-19,22-24,27,30-31,34-36H,12-17,20-21H2,1H3. The minimum atomic E-state index is -0.240. The van der Waals surface area contributed by atoms with E-state index >= 15 is 0 Å². The smallest absolute Gasteiger partial charge is 0.293 e. The van der Waals surface area contributed by atoms with Crippen molar-refractivity contribution in [3.05, 3.63) is 101 Å². The summed E-state index contributed by atoms with van der Waals surface area (Å²) in [6, 6.07) is 24.4. The van der Waals surface area contributed by atoms with Crippen molar-refractivity contribution >= 4 is 18.4 Å². The van der Waals surface area contributed by atoms with Crippen LogP contribution in [0.3, 0.4) is 0 Å². The maximum atomic E-state index is 12.6. The number of aldehydes is 1. The molecule has 0 spiro atoms. The first kappa shape index (κ1) is 27.2. The molecule has 5 aliphatic carbocycles. The first-order valence-corrected chi connectivity index (χ1v) is 15.8. The first-order valence-electron chi connectivity index (χ1n) is 15.8. The van der Waals surface area contributed by atoms with E-state index in [1.165, 1.54) is 36.8 Å². The molecule has 5 nitrogen and oxygen atoms in total. The molecule has 8 rings (SSSR count). The number of carbonyl (C=O) groups excluding carboxylic acids is 2. The van der Waals surface area contributed by atoms with E-state index < -0.39 is 0 Å². The van der Waals surface area contributed by atoms with Gasteiger partial charge >= 0.3 is 0 Å². The predicted octanol–water partition coefficient (Wildman–Crippen LogP) is 8.80. The van der Waals surface area contributed by atoms with Crippen molar-refractivity contribution in [2.24, 2.45) is 39.3 Å². The first-order chi connectivity index (χ1) is 20.6. The van der Waals surface area contributed by atoms with Gasteiger partial charge in [-0.2, -0.15) is 10.2 Å². The number of hydrogen-bond donors (Lipinski definition) is 0. The van der Waals surface area contributed by atoms with Gasteiger partial charge in [0.15, 0.2) is 6.29 Å². The Kier molecular flexibility index (Phi) is 7.29. The monoisotopic (exact) mass is 560 g/mol. The van der Waals surface area contributed by atoms with E-state index in [-0.39, 0.29) is 17.6 Å². The number of carbonyl (C=O) groups is 2. The van der Waals surface area contributed by atoms with Crippen molar-refractivity contribution < 1.29 is 14.3 Å². The van der Waals surface area contributed by atoms with Gasteiger partial charge < -0.3 is 4.74 Å². The fourth-order valence-electron chi connectivity index (χ4n) is 9.79. The molecule has 4 saturated carbocycles. The Labute approximate surface area is 248 Å². The van der Waals surface area contributed by atoms with Crippen molar-refractivity contribution in [3.63, 3.8) is 0 Å². The number of ether oxygens (including phenoxy) is 1. The summed E-state index contributed by atoms with van der Waals surface area (Å²) in [5, 5.41) is 9.56. The molecule has 0 radical (unpaired) electrons. The van der Waals surface area contributed by atoms with Gasteiger partial charge in [0, 0.05) is 11.0 Å². The molecule has 0 heterocycles. The zero-order valence-corrected chi connectivity index (χ0v) is 24.4. The molecule has 42 heavy (non-hydrogen) atoms. The van der Waals surface area contributed by atoms with E-state index in [4.69, 9.17) is 15.0 Å². The summed E-state index contributed by atoms with van der Waals surface area (Å²) in [6.45, 7) is 3.13. The van der Waals surface area contributed by atoms with Crippen LogP contribution < -0.4 is 0 Å². The third kappa shape index (κ3) is 4.53. The molecule has 0 amide bonds. The SMILES string of the molecule is CC12CCC3c4ccc(N=NC(c5ccccc5)c5ccccc5)c(C=O)c4CCC3C1C1CCC(CC1)C2OC=O. The molecule has 216 valence electrons. The molecule has 0 aromatic heterocycles. The Balaban J connectivity index is 1.22. The van der Waals surface area contributed by atoms with E-state index in [2.05, 4.69) is 37.3 Å². The zero-order chi connectivity index (χ0) is 28.7. The number of fused-ring (bicyclic) bond motifs is 5. The predicted molar refractivity (Wildman–Crippen MR) is 163 cm³/mol. The highest BCUT2D eigenvalue weighted by atomic mass is 16.5. The van der Waals surface area contributed by atoms with Crippen LogP contribution in [0.2, 0.25) is 0 Å². The average molecular weight is 561 g/mol. The van der Waals surface area contributed by atoms with Gasteiger partial charge in [-0.05, 0) is 109 Å². The van der Waals surface area contributed by atoms with E-state index in [1.807, 2.05) is 42.5 Å². The fourth-order valence-corrected chi connectivity index (χ4v) is 9.79. The van der Waals surface area contributed by atoms with Gasteiger partial charge in [0.1, 0.15) is 12.1 Å². The van der Waals surface area contributed by atoms with Crippen LogP contribution in [-0.4, -0.2) is 18.9 Å². The van der Waals surface area contributed by atoms with Gasteiger partial charge in [0.25, 0.3) is 6.47 Å². The molecule has 5 atom stereocenters. The summed E-state index contributed by atoms with van der Waals surface area (Å²) in [7, 11) is 0. The highest BCUT2D eigenvalue weighted by Gasteiger charge is 2.59. The van der Waals surface area contributed by atoms with E-state index in [9.17, 15) is 9.59 Å². The molecule has 5 heteroatoms. The van der Waals surface area contributed by atoms with Crippen molar-refractivity contribution in [1.29, 1.82) is 0 Å². The lowest BCUT2D eigenvalue weighted by atomic mass is 9.50. The molecule has 3 aromatic rings. The van der Waals surface area contributed by atoms with Gasteiger partial charge in [-0.25, -0.2) is 0 Å². The van der Waals surface area contributed by atoms with Crippen molar-refractivity contribution in [2.45, 2.75) is 76.4 Å². The molecule has 0 saturated heterocycles. The van der Waals surface area contributed by atoms with Crippen molar-refractivity contribution in [2.75, 3.05) is 0 Å². The molecule has 2 bridgehead atoms. The van der Waals surface area contributed by atoms with Gasteiger partial charge in [-0.3, -0.25) is 9.59 Å². The van der Waals surface area contributed by atoms with Crippen molar-refractivity contribution in [3.8, 4) is 0 Å². The van der Waals surface area contributed by atoms with Gasteiger partial charge in [-0.1, -0.05) is 73.7 Å². The maximum Gasteiger partial charge on any atom is 0.293 e. The quantitative estimate of drug-likeness (QED) is 0.214. The van der Waals surface area contributed by atoms with E-state index in [0.29, 0.717) is 47.3 Å². The number of azo groups is 1. The number of nitrogens with zero attached hydrogens (tertiary/aromatic N) is 2. The Bertz CT molecular complexity index is 1420. The molecular formula is C37H40N2O3. The normalized spacial score (nSPS) is 31.6. The van der Waals surface area contributed by atoms with Crippen LogP contribution in [0.1, 0.15) is 96.4 Å². The van der Waals surface area contributed by atoms with Crippen molar-refractivity contribution in [1.82, 2.24) is 0 Å². The van der Waals surface area contributed by atoms with E-state index in [0.717, 1.165) is 43.1 Å². The van der Waals surface area contributed by atoms with Crippen LogP contribution in [-0.2, 0) is 16.0 Å². The highest BCUT2D eigenvalue weighted by Crippen LogP contribution is 2.64. The number of rotatable bonds is 7. The summed E-state index contributed by atoms with van der Waals surface area (Å²) >= 11 is 0. The topological polar surface area (TPSA) is 68.1 Å². The van der Waals surface area contributed by atoms with Crippen LogP contribution in [0.25, 0.3) is 0 Å². The molecular weight excluding hydrogens is 520 g/mol. The summed E-state index contributed by atoms with van der Waals surface area (Å²) in [4.78, 5) is 24.2.